The van der Waals surface area contributed by atoms with Crippen LogP contribution in [0.1, 0.15) is 51.9 Å². The van der Waals surface area contributed by atoms with Crippen LogP contribution in [0.4, 0.5) is 0 Å². The summed E-state index contributed by atoms with van der Waals surface area (Å²) in [4.78, 5) is 27.5. The van der Waals surface area contributed by atoms with Crippen molar-refractivity contribution in [1.29, 1.82) is 0 Å². The first-order chi connectivity index (χ1) is 9.60. The minimum atomic E-state index is -0.571. The van der Waals surface area contributed by atoms with E-state index >= 15 is 0 Å². The predicted molar refractivity (Wildman–Crippen MR) is 74.8 cm³/mol. The molecule has 4 aliphatic rings. The van der Waals surface area contributed by atoms with Crippen LogP contribution in [0.25, 0.3) is 0 Å². The zero-order valence-corrected chi connectivity index (χ0v) is 12.2. The van der Waals surface area contributed by atoms with Crippen molar-refractivity contribution in [3.63, 3.8) is 0 Å². The fraction of sp³-hybridized carbons (Fsp3) is 0.875. The Morgan fingerprint density at radius 1 is 1.15 bits per heavy atom. The Bertz CT molecular complexity index is 451. The highest BCUT2D eigenvalue weighted by Gasteiger charge is 2.59. The van der Waals surface area contributed by atoms with Gasteiger partial charge in [0.1, 0.15) is 11.6 Å². The summed E-state index contributed by atoms with van der Waals surface area (Å²) in [5, 5.41) is 3.05. The quantitative estimate of drug-likeness (QED) is 0.849. The van der Waals surface area contributed by atoms with Gasteiger partial charge in [0, 0.05) is 6.54 Å². The van der Waals surface area contributed by atoms with E-state index in [1.165, 1.54) is 19.3 Å². The van der Waals surface area contributed by atoms with Crippen LogP contribution >= 0.6 is 0 Å². The lowest BCUT2D eigenvalue weighted by molar-refractivity contribution is -0.160. The highest BCUT2D eigenvalue weighted by atomic mass is 16.2. The summed E-state index contributed by atoms with van der Waals surface area (Å²) < 4.78 is 0. The molecule has 20 heavy (non-hydrogen) atoms. The van der Waals surface area contributed by atoms with Crippen molar-refractivity contribution in [2.45, 2.75) is 63.5 Å². The Kier molecular flexibility index (Phi) is 2.67. The lowest BCUT2D eigenvalue weighted by Gasteiger charge is -2.49. The van der Waals surface area contributed by atoms with Crippen LogP contribution in [-0.2, 0) is 9.59 Å². The molecule has 4 rings (SSSR count). The third-order valence-corrected chi connectivity index (χ3v) is 5.97. The van der Waals surface area contributed by atoms with Crippen molar-refractivity contribution < 1.29 is 9.59 Å². The number of rotatable bonds is 4. The smallest absolute Gasteiger partial charge is 0.246 e. The standard InChI is InChI=1S/C16H24N2O2/c1-16(12-7-8-12)15(20)17-13(11-5-6-11)14(19)18(16)9-10-3-2-4-10/h10-13H,2-9H2,1H3,(H,17,20). The number of hydrogen-bond acceptors (Lipinski definition) is 2. The van der Waals surface area contributed by atoms with E-state index in [2.05, 4.69) is 5.32 Å². The molecule has 1 saturated heterocycles. The summed E-state index contributed by atoms with van der Waals surface area (Å²) in [6.45, 7) is 2.81. The summed E-state index contributed by atoms with van der Waals surface area (Å²) in [5.74, 6) is 1.72. The van der Waals surface area contributed by atoms with Crippen molar-refractivity contribution in [3.8, 4) is 0 Å². The summed E-state index contributed by atoms with van der Waals surface area (Å²) in [5.41, 5.74) is -0.571. The fourth-order valence-electron chi connectivity index (χ4n) is 3.88. The third kappa shape index (κ3) is 1.80. The summed E-state index contributed by atoms with van der Waals surface area (Å²) >= 11 is 0. The third-order valence-electron chi connectivity index (χ3n) is 5.97. The first-order valence-electron chi connectivity index (χ1n) is 8.23. The second-order valence-electron chi connectivity index (χ2n) is 7.46. The summed E-state index contributed by atoms with van der Waals surface area (Å²) in [6, 6.07) is -0.227. The molecule has 4 heteroatoms. The van der Waals surface area contributed by atoms with Crippen molar-refractivity contribution in [3.05, 3.63) is 0 Å². The lowest BCUT2D eigenvalue weighted by atomic mass is 9.81. The molecule has 0 aromatic carbocycles. The van der Waals surface area contributed by atoms with E-state index in [-0.39, 0.29) is 17.9 Å². The first kappa shape index (κ1) is 12.7. The molecule has 4 nitrogen and oxygen atoms in total. The Labute approximate surface area is 120 Å². The van der Waals surface area contributed by atoms with E-state index in [0.717, 1.165) is 32.2 Å². The molecule has 0 aromatic heterocycles. The van der Waals surface area contributed by atoms with E-state index in [9.17, 15) is 9.59 Å². The molecule has 4 fully saturated rings. The second-order valence-corrected chi connectivity index (χ2v) is 7.46. The van der Waals surface area contributed by atoms with E-state index in [1.807, 2.05) is 11.8 Å². The van der Waals surface area contributed by atoms with Gasteiger partial charge in [0.25, 0.3) is 0 Å². The van der Waals surface area contributed by atoms with Crippen molar-refractivity contribution in [2.24, 2.45) is 17.8 Å². The maximum Gasteiger partial charge on any atom is 0.246 e. The molecule has 0 aromatic rings. The second kappa shape index (κ2) is 4.22. The highest BCUT2D eigenvalue weighted by Crippen LogP contribution is 2.47. The molecular formula is C16H24N2O2. The van der Waals surface area contributed by atoms with Crippen LogP contribution in [0.5, 0.6) is 0 Å². The molecule has 1 N–H and O–H groups in total. The Hall–Kier alpha value is -1.06. The van der Waals surface area contributed by atoms with Gasteiger partial charge in [-0.3, -0.25) is 9.59 Å². The topological polar surface area (TPSA) is 49.4 Å². The van der Waals surface area contributed by atoms with Gasteiger partial charge in [-0.2, -0.15) is 0 Å². The lowest BCUT2D eigenvalue weighted by Crippen LogP contribution is -2.71. The van der Waals surface area contributed by atoms with Gasteiger partial charge in [0.05, 0.1) is 0 Å². The minimum Gasteiger partial charge on any atom is -0.342 e. The number of hydrogen-bond donors (Lipinski definition) is 1. The number of nitrogens with one attached hydrogen (secondary N) is 1. The fourth-order valence-corrected chi connectivity index (χ4v) is 3.88. The van der Waals surface area contributed by atoms with Crippen molar-refractivity contribution in [2.75, 3.05) is 6.54 Å². The molecule has 1 heterocycles. The average Bonchev–Trinajstić information content (AvgIpc) is 3.24. The maximum atomic E-state index is 12.9. The van der Waals surface area contributed by atoms with Gasteiger partial charge in [0.2, 0.25) is 11.8 Å². The molecule has 3 saturated carbocycles. The van der Waals surface area contributed by atoms with E-state index in [4.69, 9.17) is 0 Å². The number of piperazine rings is 1. The molecule has 0 bridgehead atoms. The summed E-state index contributed by atoms with van der Waals surface area (Å²) in [7, 11) is 0. The molecule has 3 aliphatic carbocycles. The van der Waals surface area contributed by atoms with Crippen LogP contribution in [-0.4, -0.2) is 34.8 Å². The van der Waals surface area contributed by atoms with Crippen LogP contribution in [0.3, 0.4) is 0 Å². The van der Waals surface area contributed by atoms with Gasteiger partial charge in [-0.25, -0.2) is 0 Å². The summed E-state index contributed by atoms with van der Waals surface area (Å²) in [6.07, 6.45) is 8.09. The predicted octanol–water partition coefficient (Wildman–Crippen LogP) is 1.69. The zero-order valence-electron chi connectivity index (χ0n) is 12.2. The monoisotopic (exact) mass is 276 g/mol. The first-order valence-corrected chi connectivity index (χ1v) is 8.23. The molecular weight excluding hydrogens is 252 g/mol. The van der Waals surface area contributed by atoms with Crippen LogP contribution < -0.4 is 5.32 Å². The van der Waals surface area contributed by atoms with Crippen molar-refractivity contribution in [1.82, 2.24) is 10.2 Å². The van der Waals surface area contributed by atoms with Gasteiger partial charge in [-0.05, 0) is 63.2 Å². The number of carbonyl (C=O) groups is 2. The van der Waals surface area contributed by atoms with Gasteiger partial charge in [-0.15, -0.1) is 0 Å². The highest BCUT2D eigenvalue weighted by molar-refractivity contribution is 6.00. The Morgan fingerprint density at radius 3 is 2.35 bits per heavy atom. The normalized spacial score (nSPS) is 38.6. The minimum absolute atomic E-state index is 0.107. The van der Waals surface area contributed by atoms with Crippen LogP contribution in [0.2, 0.25) is 0 Å². The molecule has 2 unspecified atom stereocenters. The number of nitrogens with zero attached hydrogens (tertiary/aromatic N) is 1. The molecule has 1 aliphatic heterocycles. The van der Waals surface area contributed by atoms with Gasteiger partial charge < -0.3 is 10.2 Å². The molecule has 0 spiro atoms. The number of carbonyl (C=O) groups excluding carboxylic acids is 2. The largest absolute Gasteiger partial charge is 0.342 e. The van der Waals surface area contributed by atoms with E-state index in [0.29, 0.717) is 17.8 Å². The molecule has 2 atom stereocenters. The van der Waals surface area contributed by atoms with Crippen molar-refractivity contribution >= 4 is 11.8 Å². The van der Waals surface area contributed by atoms with Gasteiger partial charge in [-0.1, -0.05) is 6.42 Å². The molecule has 110 valence electrons. The van der Waals surface area contributed by atoms with E-state index < -0.39 is 5.54 Å². The van der Waals surface area contributed by atoms with Gasteiger partial charge in [0.15, 0.2) is 0 Å². The maximum absolute atomic E-state index is 12.9. The van der Waals surface area contributed by atoms with Gasteiger partial charge >= 0.3 is 0 Å². The Balaban J connectivity index is 1.62. The zero-order chi connectivity index (χ0) is 13.9. The van der Waals surface area contributed by atoms with Crippen LogP contribution in [0.15, 0.2) is 0 Å². The SMILES string of the molecule is CC1(C2CC2)C(=O)NC(C2CC2)C(=O)N1CC1CCC1. The average molecular weight is 276 g/mol. The molecule has 2 amide bonds. The molecule has 0 radical (unpaired) electrons. The Morgan fingerprint density at radius 2 is 1.85 bits per heavy atom. The van der Waals surface area contributed by atoms with E-state index in [1.54, 1.807) is 0 Å². The number of amides is 2. The van der Waals surface area contributed by atoms with Crippen LogP contribution in [0, 0.1) is 17.8 Å².